The Bertz CT molecular complexity index is 787. The van der Waals surface area contributed by atoms with Gasteiger partial charge < -0.3 is 10.1 Å². The molecule has 0 spiro atoms. The monoisotopic (exact) mass is 385 g/mol. The minimum atomic E-state index is -0.300. The molecule has 0 saturated carbocycles. The Hall–Kier alpha value is -2.44. The van der Waals surface area contributed by atoms with Crippen molar-refractivity contribution in [3.05, 3.63) is 59.2 Å². The van der Waals surface area contributed by atoms with Crippen LogP contribution in [-0.4, -0.2) is 36.1 Å². The first-order chi connectivity index (χ1) is 13.0. The van der Waals surface area contributed by atoms with Gasteiger partial charge in [0.1, 0.15) is 5.75 Å². The average Bonchev–Trinajstić information content (AvgIpc) is 2.67. The van der Waals surface area contributed by atoms with E-state index in [1.54, 1.807) is 13.2 Å². The predicted molar refractivity (Wildman–Crippen MR) is 114 cm³/mol. The van der Waals surface area contributed by atoms with Crippen molar-refractivity contribution in [2.75, 3.05) is 25.5 Å². The Balaban J connectivity index is 1.97. The highest BCUT2D eigenvalue weighted by molar-refractivity contribution is 7.80. The molecule has 0 unspecified atom stereocenters. The number of carbonyl (C=O) groups excluding carboxylic acids is 1. The lowest BCUT2D eigenvalue weighted by molar-refractivity contribution is 0.0974. The van der Waals surface area contributed by atoms with E-state index in [1.165, 1.54) is 5.56 Å². The third-order valence-electron chi connectivity index (χ3n) is 4.40. The number of hydrogen-bond acceptors (Lipinski definition) is 4. The van der Waals surface area contributed by atoms with E-state index in [-0.39, 0.29) is 11.0 Å². The number of rotatable bonds is 7. The Labute approximate surface area is 166 Å². The van der Waals surface area contributed by atoms with Gasteiger partial charge in [-0.1, -0.05) is 38.1 Å². The third-order valence-corrected chi connectivity index (χ3v) is 4.60. The summed E-state index contributed by atoms with van der Waals surface area (Å²) in [5, 5.41) is 6.00. The number of ether oxygens (including phenoxy) is 1. The van der Waals surface area contributed by atoms with Crippen LogP contribution in [-0.2, 0) is 6.54 Å². The van der Waals surface area contributed by atoms with E-state index >= 15 is 0 Å². The van der Waals surface area contributed by atoms with Crippen LogP contribution in [0.15, 0.2) is 42.5 Å². The molecule has 5 nitrogen and oxygen atoms in total. The SMILES string of the molecule is CCN(CC)Cc1ccc(NC(=S)NC(=O)c2cccc(C)c2OC)cc1. The lowest BCUT2D eigenvalue weighted by atomic mass is 10.1. The Kier molecular flexibility index (Phi) is 7.76. The Morgan fingerprint density at radius 3 is 2.37 bits per heavy atom. The molecule has 27 heavy (non-hydrogen) atoms. The van der Waals surface area contributed by atoms with Crippen molar-refractivity contribution in [2.45, 2.75) is 27.3 Å². The highest BCUT2D eigenvalue weighted by Crippen LogP contribution is 2.22. The molecule has 0 saturated heterocycles. The zero-order valence-electron chi connectivity index (χ0n) is 16.3. The van der Waals surface area contributed by atoms with Gasteiger partial charge in [-0.25, -0.2) is 0 Å². The standard InChI is InChI=1S/C21H27N3O2S/c1-5-24(6-2)14-16-10-12-17(13-11-16)22-21(27)23-20(25)18-9-7-8-15(3)19(18)26-4/h7-13H,5-6,14H2,1-4H3,(H2,22,23,25,27). The molecule has 0 heterocycles. The maximum absolute atomic E-state index is 12.5. The van der Waals surface area contributed by atoms with Crippen molar-refractivity contribution < 1.29 is 9.53 Å². The molecule has 0 fully saturated rings. The van der Waals surface area contributed by atoms with E-state index in [0.29, 0.717) is 11.3 Å². The summed E-state index contributed by atoms with van der Waals surface area (Å²) in [6.45, 7) is 9.17. The van der Waals surface area contributed by atoms with E-state index in [9.17, 15) is 4.79 Å². The minimum Gasteiger partial charge on any atom is -0.496 e. The number of thiocarbonyl (C=S) groups is 1. The molecule has 0 bridgehead atoms. The van der Waals surface area contributed by atoms with Gasteiger partial charge in [-0.2, -0.15) is 0 Å². The largest absolute Gasteiger partial charge is 0.496 e. The molecule has 2 N–H and O–H groups in total. The fourth-order valence-corrected chi connectivity index (χ4v) is 3.04. The van der Waals surface area contributed by atoms with Crippen LogP contribution >= 0.6 is 12.2 Å². The predicted octanol–water partition coefficient (Wildman–Crippen LogP) is 3.97. The molecule has 0 aliphatic rings. The van der Waals surface area contributed by atoms with Crippen LogP contribution in [0.2, 0.25) is 0 Å². The summed E-state index contributed by atoms with van der Waals surface area (Å²) < 4.78 is 5.33. The van der Waals surface area contributed by atoms with E-state index in [0.717, 1.165) is 30.9 Å². The first-order valence-corrected chi connectivity index (χ1v) is 9.46. The van der Waals surface area contributed by atoms with Crippen LogP contribution in [0.4, 0.5) is 5.69 Å². The number of nitrogens with zero attached hydrogens (tertiary/aromatic N) is 1. The number of hydrogen-bond donors (Lipinski definition) is 2. The lowest BCUT2D eigenvalue weighted by Crippen LogP contribution is -2.34. The molecule has 144 valence electrons. The highest BCUT2D eigenvalue weighted by Gasteiger charge is 2.15. The Morgan fingerprint density at radius 1 is 1.11 bits per heavy atom. The zero-order chi connectivity index (χ0) is 19.8. The fourth-order valence-electron chi connectivity index (χ4n) is 2.83. The highest BCUT2D eigenvalue weighted by atomic mass is 32.1. The van der Waals surface area contributed by atoms with Crippen molar-refractivity contribution in [3.63, 3.8) is 0 Å². The summed E-state index contributed by atoms with van der Waals surface area (Å²) in [7, 11) is 1.55. The third kappa shape index (κ3) is 5.77. The van der Waals surface area contributed by atoms with E-state index in [1.807, 2.05) is 31.2 Å². The van der Waals surface area contributed by atoms with E-state index in [2.05, 4.69) is 41.5 Å². The van der Waals surface area contributed by atoms with Gasteiger partial charge in [-0.05, 0) is 61.6 Å². The molecule has 0 aromatic heterocycles. The molecular weight excluding hydrogens is 358 g/mol. The molecule has 0 aliphatic heterocycles. The van der Waals surface area contributed by atoms with Gasteiger partial charge in [-0.15, -0.1) is 0 Å². The summed E-state index contributed by atoms with van der Waals surface area (Å²) in [6, 6.07) is 13.5. The molecule has 0 radical (unpaired) electrons. The number of benzene rings is 2. The zero-order valence-corrected chi connectivity index (χ0v) is 17.2. The quantitative estimate of drug-likeness (QED) is 0.706. The smallest absolute Gasteiger partial charge is 0.261 e. The second-order valence-corrected chi connectivity index (χ2v) is 6.63. The number of nitrogens with one attached hydrogen (secondary N) is 2. The summed E-state index contributed by atoms with van der Waals surface area (Å²) in [5.74, 6) is 0.254. The van der Waals surface area contributed by atoms with Crippen molar-refractivity contribution in [2.24, 2.45) is 0 Å². The first-order valence-electron chi connectivity index (χ1n) is 9.05. The van der Waals surface area contributed by atoms with Crippen molar-refractivity contribution in [1.29, 1.82) is 0 Å². The molecule has 2 aromatic rings. The topological polar surface area (TPSA) is 53.6 Å². The van der Waals surface area contributed by atoms with Crippen LogP contribution < -0.4 is 15.4 Å². The van der Waals surface area contributed by atoms with Gasteiger partial charge in [0.25, 0.3) is 5.91 Å². The van der Waals surface area contributed by atoms with Gasteiger partial charge in [-0.3, -0.25) is 15.0 Å². The van der Waals surface area contributed by atoms with Gasteiger partial charge in [0, 0.05) is 12.2 Å². The normalized spacial score (nSPS) is 10.6. The van der Waals surface area contributed by atoms with Crippen LogP contribution in [0.25, 0.3) is 0 Å². The van der Waals surface area contributed by atoms with Gasteiger partial charge >= 0.3 is 0 Å². The van der Waals surface area contributed by atoms with E-state index in [4.69, 9.17) is 17.0 Å². The maximum atomic E-state index is 12.5. The van der Waals surface area contributed by atoms with Crippen molar-refractivity contribution >= 4 is 28.9 Å². The fraction of sp³-hybridized carbons (Fsp3) is 0.333. The molecule has 2 aromatic carbocycles. The number of amides is 1. The maximum Gasteiger partial charge on any atom is 0.261 e. The lowest BCUT2D eigenvalue weighted by Gasteiger charge is -2.18. The number of methoxy groups -OCH3 is 1. The van der Waals surface area contributed by atoms with Gasteiger partial charge in [0.15, 0.2) is 5.11 Å². The second kappa shape index (κ2) is 10.0. The van der Waals surface area contributed by atoms with Gasteiger partial charge in [0.2, 0.25) is 0 Å². The number of carbonyl (C=O) groups is 1. The molecule has 1 amide bonds. The van der Waals surface area contributed by atoms with E-state index < -0.39 is 0 Å². The minimum absolute atomic E-state index is 0.250. The van der Waals surface area contributed by atoms with Crippen molar-refractivity contribution in [3.8, 4) is 5.75 Å². The average molecular weight is 386 g/mol. The first kappa shape index (κ1) is 20.9. The van der Waals surface area contributed by atoms with Gasteiger partial charge in [0.05, 0.1) is 12.7 Å². The van der Waals surface area contributed by atoms with Crippen LogP contribution in [0.3, 0.4) is 0 Å². The number of anilines is 1. The Morgan fingerprint density at radius 2 is 1.78 bits per heavy atom. The molecule has 6 heteroatoms. The van der Waals surface area contributed by atoms with Crippen LogP contribution in [0.5, 0.6) is 5.75 Å². The summed E-state index contributed by atoms with van der Waals surface area (Å²) in [4.78, 5) is 14.8. The van der Waals surface area contributed by atoms with Crippen LogP contribution in [0, 0.1) is 6.92 Å². The summed E-state index contributed by atoms with van der Waals surface area (Å²) in [6.07, 6.45) is 0. The number of aryl methyl sites for hydroxylation is 1. The molecule has 0 atom stereocenters. The van der Waals surface area contributed by atoms with Crippen molar-refractivity contribution in [1.82, 2.24) is 10.2 Å². The summed E-state index contributed by atoms with van der Waals surface area (Å²) >= 11 is 5.27. The summed E-state index contributed by atoms with van der Waals surface area (Å²) in [5.41, 5.74) is 3.42. The second-order valence-electron chi connectivity index (χ2n) is 6.22. The molecule has 2 rings (SSSR count). The molecular formula is C21H27N3O2S. The number of para-hydroxylation sites is 1. The van der Waals surface area contributed by atoms with Crippen LogP contribution in [0.1, 0.15) is 35.3 Å². The molecule has 0 aliphatic carbocycles.